The topological polar surface area (TPSA) is 92.3 Å². The number of fused-ring (bicyclic) bond motifs is 1. The summed E-state index contributed by atoms with van der Waals surface area (Å²) < 4.78 is 51.7. The Balaban J connectivity index is 1.76. The molecule has 1 amide bonds. The summed E-state index contributed by atoms with van der Waals surface area (Å²) >= 11 is 0.215. The van der Waals surface area contributed by atoms with E-state index in [2.05, 4.69) is 10.1 Å². The Morgan fingerprint density at radius 3 is 2.52 bits per heavy atom. The first-order valence-corrected chi connectivity index (χ1v) is 10.4. The quantitative estimate of drug-likeness (QED) is 0.664. The van der Waals surface area contributed by atoms with E-state index in [4.69, 9.17) is 14.9 Å². The molecule has 172 valence electrons. The number of alkyl halides is 3. The maximum absolute atomic E-state index is 13.0. The number of aryl methyl sites for hydroxylation is 1. The van der Waals surface area contributed by atoms with Crippen LogP contribution in [0.15, 0.2) is 39.9 Å². The van der Waals surface area contributed by atoms with Crippen molar-refractivity contribution in [2.75, 3.05) is 14.2 Å². The van der Waals surface area contributed by atoms with Crippen molar-refractivity contribution in [2.24, 2.45) is 10.1 Å². The van der Waals surface area contributed by atoms with Crippen LogP contribution in [0.2, 0.25) is 0 Å². The minimum Gasteiger partial charge on any atom is -0.497 e. The number of ether oxygens (including phenoxy) is 2. The molecule has 3 heterocycles. The van der Waals surface area contributed by atoms with Crippen LogP contribution in [-0.2, 0) is 4.79 Å². The first kappa shape index (κ1) is 22.6. The molecular formula is C21H18F3N5O3S. The van der Waals surface area contributed by atoms with Crippen LogP contribution in [0.3, 0.4) is 0 Å². The van der Waals surface area contributed by atoms with Crippen molar-refractivity contribution in [3.8, 4) is 17.2 Å². The molecule has 0 unspecified atom stereocenters. The van der Waals surface area contributed by atoms with Crippen LogP contribution in [-0.4, -0.2) is 51.9 Å². The first-order chi connectivity index (χ1) is 15.5. The van der Waals surface area contributed by atoms with Crippen molar-refractivity contribution in [1.29, 1.82) is 5.41 Å². The van der Waals surface area contributed by atoms with Gasteiger partial charge < -0.3 is 14.0 Å². The van der Waals surface area contributed by atoms with Crippen LogP contribution in [0.4, 0.5) is 13.2 Å². The van der Waals surface area contributed by atoms with Crippen LogP contribution in [0.5, 0.6) is 11.5 Å². The van der Waals surface area contributed by atoms with Gasteiger partial charge in [-0.05, 0) is 55.4 Å². The molecule has 12 heteroatoms. The average Bonchev–Trinajstić information content (AvgIpc) is 3.31. The molecule has 33 heavy (non-hydrogen) atoms. The number of aromatic nitrogens is 1. The highest BCUT2D eigenvalue weighted by Crippen LogP contribution is 2.36. The minimum absolute atomic E-state index is 0.159. The number of aliphatic imine (C=N–C) groups is 1. The van der Waals surface area contributed by atoms with Gasteiger partial charge in [0.2, 0.25) is 10.2 Å². The van der Waals surface area contributed by atoms with E-state index >= 15 is 0 Å². The molecule has 0 saturated carbocycles. The maximum Gasteiger partial charge on any atom is 0.441 e. The zero-order valence-corrected chi connectivity index (χ0v) is 18.8. The summed E-state index contributed by atoms with van der Waals surface area (Å²) in [7, 11) is 3.09. The number of methoxy groups -OCH3 is 2. The van der Waals surface area contributed by atoms with Crippen molar-refractivity contribution >= 4 is 39.8 Å². The summed E-state index contributed by atoms with van der Waals surface area (Å²) in [4.78, 5) is 16.2. The lowest BCUT2D eigenvalue weighted by molar-refractivity contribution is -0.114. The number of rotatable bonds is 4. The van der Waals surface area contributed by atoms with Crippen LogP contribution >= 0.6 is 11.8 Å². The summed E-state index contributed by atoms with van der Waals surface area (Å²) in [5.74, 6) is -0.0837. The maximum atomic E-state index is 13.0. The predicted molar refractivity (Wildman–Crippen MR) is 119 cm³/mol. The predicted octanol–water partition coefficient (Wildman–Crippen LogP) is 4.29. The number of amides is 1. The van der Waals surface area contributed by atoms with Crippen molar-refractivity contribution in [2.45, 2.75) is 20.0 Å². The Bertz CT molecular complexity index is 1280. The van der Waals surface area contributed by atoms with E-state index < -0.39 is 23.0 Å². The molecule has 2 aromatic rings. The third kappa shape index (κ3) is 3.90. The fraction of sp³-hybridized carbons (Fsp3) is 0.238. The molecule has 0 bridgehead atoms. The number of carbonyl (C=O) groups is 1. The normalized spacial score (nSPS) is 17.3. The number of halogens is 3. The molecule has 0 saturated heterocycles. The number of hydrogen-bond donors (Lipinski definition) is 1. The zero-order chi connectivity index (χ0) is 24.1. The number of thioether (sulfide) groups is 1. The molecular weight excluding hydrogens is 459 g/mol. The van der Waals surface area contributed by atoms with Crippen LogP contribution in [0.25, 0.3) is 11.8 Å². The van der Waals surface area contributed by atoms with Gasteiger partial charge in [0.25, 0.3) is 5.91 Å². The summed E-state index contributed by atoms with van der Waals surface area (Å²) in [6, 6.07) is 7.15. The van der Waals surface area contributed by atoms with E-state index in [0.29, 0.717) is 17.1 Å². The van der Waals surface area contributed by atoms with Gasteiger partial charge in [-0.25, -0.2) is 0 Å². The lowest BCUT2D eigenvalue weighted by atomic mass is 10.1. The largest absolute Gasteiger partial charge is 0.497 e. The lowest BCUT2D eigenvalue weighted by Gasteiger charge is -2.20. The second-order valence-electron chi connectivity index (χ2n) is 7.12. The highest BCUT2D eigenvalue weighted by Gasteiger charge is 2.46. The van der Waals surface area contributed by atoms with E-state index in [0.717, 1.165) is 22.1 Å². The van der Waals surface area contributed by atoms with Crippen LogP contribution in [0.1, 0.15) is 17.0 Å². The van der Waals surface area contributed by atoms with Gasteiger partial charge in [0.15, 0.2) is 5.84 Å². The Morgan fingerprint density at radius 1 is 1.15 bits per heavy atom. The molecule has 0 spiro atoms. The minimum atomic E-state index is -4.69. The van der Waals surface area contributed by atoms with E-state index in [1.54, 1.807) is 25.3 Å². The number of nitrogens with one attached hydrogen (secondary N) is 1. The molecule has 2 aliphatic rings. The monoisotopic (exact) mass is 477 g/mol. The molecule has 0 atom stereocenters. The van der Waals surface area contributed by atoms with Gasteiger partial charge in [0, 0.05) is 17.5 Å². The van der Waals surface area contributed by atoms with Gasteiger partial charge in [-0.3, -0.25) is 10.2 Å². The average molecular weight is 477 g/mol. The van der Waals surface area contributed by atoms with Gasteiger partial charge in [-0.2, -0.15) is 28.3 Å². The molecule has 0 aliphatic carbocycles. The number of hydrogen-bond acceptors (Lipinski definition) is 6. The van der Waals surface area contributed by atoms with E-state index in [9.17, 15) is 18.0 Å². The highest BCUT2D eigenvalue weighted by molar-refractivity contribution is 8.27. The van der Waals surface area contributed by atoms with Crippen molar-refractivity contribution in [3.05, 3.63) is 46.8 Å². The van der Waals surface area contributed by atoms with Crippen molar-refractivity contribution in [1.82, 2.24) is 9.58 Å². The molecule has 1 aromatic carbocycles. The number of amidine groups is 2. The van der Waals surface area contributed by atoms with Crippen molar-refractivity contribution in [3.63, 3.8) is 0 Å². The van der Waals surface area contributed by atoms with Gasteiger partial charge >= 0.3 is 6.18 Å². The Morgan fingerprint density at radius 2 is 1.88 bits per heavy atom. The summed E-state index contributed by atoms with van der Waals surface area (Å²) in [5, 5.41) is 11.0. The number of hydrazone groups is 1. The first-order valence-electron chi connectivity index (χ1n) is 9.54. The summed E-state index contributed by atoms with van der Waals surface area (Å²) in [5.41, 5.74) is 2.72. The third-order valence-corrected chi connectivity index (χ3v) is 6.05. The van der Waals surface area contributed by atoms with Crippen molar-refractivity contribution < 1.29 is 27.4 Å². The van der Waals surface area contributed by atoms with Gasteiger partial charge in [-0.1, -0.05) is 0 Å². The fourth-order valence-corrected chi connectivity index (χ4v) is 4.29. The summed E-state index contributed by atoms with van der Waals surface area (Å²) in [6.45, 7) is 3.68. The second-order valence-corrected chi connectivity index (χ2v) is 8.08. The van der Waals surface area contributed by atoms with Gasteiger partial charge in [-0.15, -0.1) is 0 Å². The van der Waals surface area contributed by atoms with Crippen LogP contribution in [0, 0.1) is 19.3 Å². The third-order valence-electron chi connectivity index (χ3n) is 5.09. The fourth-order valence-electron chi connectivity index (χ4n) is 3.54. The standard InChI is InChI=1S/C21H18F3N5O3S/c1-10-7-12(11(2)28(10)15-6-5-13(31-3)9-16(15)32-4)8-14-17(25)29-20(26-18(14)30)33-19(27-29)21(22,23)24/h5-9,25H,1-4H3. The van der Waals surface area contributed by atoms with E-state index in [1.807, 2.05) is 24.5 Å². The molecule has 4 rings (SSSR count). The molecule has 2 aliphatic heterocycles. The Hall–Kier alpha value is -3.54. The molecule has 0 fully saturated rings. The number of benzene rings is 1. The summed E-state index contributed by atoms with van der Waals surface area (Å²) in [6.07, 6.45) is -3.26. The SMILES string of the molecule is COc1ccc(-n2c(C)cc(C=C3C(=N)N4N=C(C(F)(F)F)SC4=NC3=O)c2C)c(OC)c1. The molecule has 1 aromatic heterocycles. The number of nitrogens with zero attached hydrogens (tertiary/aromatic N) is 4. The van der Waals surface area contributed by atoms with Gasteiger partial charge in [0.05, 0.1) is 25.5 Å². The Labute approximate surface area is 190 Å². The molecule has 1 N–H and O–H groups in total. The van der Waals surface area contributed by atoms with E-state index in [-0.39, 0.29) is 22.5 Å². The smallest absolute Gasteiger partial charge is 0.441 e. The zero-order valence-electron chi connectivity index (χ0n) is 17.9. The Kier molecular flexibility index (Phi) is 5.56. The molecule has 0 radical (unpaired) electrons. The van der Waals surface area contributed by atoms with Crippen LogP contribution < -0.4 is 9.47 Å². The van der Waals surface area contributed by atoms with Gasteiger partial charge in [0.1, 0.15) is 11.5 Å². The lowest BCUT2D eigenvalue weighted by Crippen LogP contribution is -2.35. The second kappa shape index (κ2) is 8.10. The highest BCUT2D eigenvalue weighted by atomic mass is 32.2. The van der Waals surface area contributed by atoms with E-state index in [1.165, 1.54) is 13.2 Å². The number of carbonyl (C=O) groups excluding carboxylic acids is 1. The molecule has 8 nitrogen and oxygen atoms in total.